The molecule has 0 aliphatic heterocycles. The van der Waals surface area contributed by atoms with E-state index in [0.29, 0.717) is 5.02 Å². The Hall–Kier alpha value is -1.33. The van der Waals surface area contributed by atoms with Crippen LogP contribution >= 0.6 is 11.6 Å². The number of hydrogen-bond donors (Lipinski definition) is 0. The van der Waals surface area contributed by atoms with Crippen molar-refractivity contribution in [3.8, 4) is 0 Å². The predicted molar refractivity (Wildman–Crippen MR) is 64.8 cm³/mol. The molecule has 0 unspecified atom stereocenters. The van der Waals surface area contributed by atoms with Crippen molar-refractivity contribution >= 4 is 11.6 Å². The molecule has 0 amide bonds. The first kappa shape index (κ1) is 12.1. The molecule has 0 aromatic carbocycles. The van der Waals surface area contributed by atoms with Gasteiger partial charge in [0.15, 0.2) is 5.76 Å². The number of aryl methyl sites for hydroxylation is 1. The highest BCUT2D eigenvalue weighted by Crippen LogP contribution is 2.07. The molecule has 17 heavy (non-hydrogen) atoms. The molecule has 6 heteroatoms. The van der Waals surface area contributed by atoms with Gasteiger partial charge in [0.25, 0.3) is 0 Å². The third-order valence-electron chi connectivity index (χ3n) is 2.42. The van der Waals surface area contributed by atoms with Crippen LogP contribution in [0.4, 0.5) is 0 Å². The van der Waals surface area contributed by atoms with Crippen LogP contribution in [0.25, 0.3) is 0 Å². The fraction of sp³-hybridized carbons (Fsp3) is 0.455. The molecule has 0 N–H and O–H groups in total. The Balaban J connectivity index is 1.79. The van der Waals surface area contributed by atoms with Crippen molar-refractivity contribution in [2.45, 2.75) is 20.0 Å². The minimum atomic E-state index is 0.665. The van der Waals surface area contributed by atoms with E-state index in [4.69, 9.17) is 16.1 Å². The molecule has 0 saturated carbocycles. The van der Waals surface area contributed by atoms with Crippen molar-refractivity contribution in [3.63, 3.8) is 0 Å². The fourth-order valence-corrected chi connectivity index (χ4v) is 1.73. The Morgan fingerprint density at radius 3 is 2.94 bits per heavy atom. The van der Waals surface area contributed by atoms with E-state index in [0.717, 1.165) is 31.1 Å². The number of likely N-dealkylation sites (N-methyl/N-ethyl adjacent to an activating group) is 1. The zero-order valence-electron chi connectivity index (χ0n) is 9.93. The second kappa shape index (κ2) is 5.33. The zero-order chi connectivity index (χ0) is 12.3. The topological polar surface area (TPSA) is 47.1 Å². The van der Waals surface area contributed by atoms with Gasteiger partial charge >= 0.3 is 0 Å². The normalized spacial score (nSPS) is 11.3. The summed E-state index contributed by atoms with van der Waals surface area (Å²) in [5, 5.41) is 8.64. The average molecular weight is 255 g/mol. The molecular weight excluding hydrogens is 240 g/mol. The molecule has 0 bridgehead atoms. The lowest BCUT2D eigenvalue weighted by molar-refractivity contribution is 0.260. The van der Waals surface area contributed by atoms with Crippen LogP contribution < -0.4 is 0 Å². The van der Waals surface area contributed by atoms with E-state index in [1.54, 1.807) is 6.20 Å². The largest absolute Gasteiger partial charge is 0.360 e. The van der Waals surface area contributed by atoms with E-state index >= 15 is 0 Å². The van der Waals surface area contributed by atoms with Crippen molar-refractivity contribution in [3.05, 3.63) is 34.9 Å². The van der Waals surface area contributed by atoms with Crippen molar-refractivity contribution < 1.29 is 4.52 Å². The van der Waals surface area contributed by atoms with Gasteiger partial charge in [-0.1, -0.05) is 16.8 Å². The van der Waals surface area contributed by atoms with Crippen LogP contribution in [0.1, 0.15) is 11.5 Å². The van der Waals surface area contributed by atoms with Gasteiger partial charge in [-0.25, -0.2) is 0 Å². The van der Waals surface area contributed by atoms with Crippen LogP contribution in [0.15, 0.2) is 23.0 Å². The lowest BCUT2D eigenvalue weighted by Crippen LogP contribution is -2.22. The minimum Gasteiger partial charge on any atom is -0.360 e. The molecule has 0 aliphatic carbocycles. The number of hydrogen-bond acceptors (Lipinski definition) is 4. The van der Waals surface area contributed by atoms with Gasteiger partial charge in [0.2, 0.25) is 0 Å². The molecule has 92 valence electrons. The first-order chi connectivity index (χ1) is 8.13. The fourth-order valence-electron chi connectivity index (χ4n) is 1.57. The monoisotopic (exact) mass is 254 g/mol. The molecule has 0 saturated heterocycles. The summed E-state index contributed by atoms with van der Waals surface area (Å²) in [6, 6.07) is 1.95. The van der Waals surface area contributed by atoms with Gasteiger partial charge in [0, 0.05) is 18.8 Å². The van der Waals surface area contributed by atoms with Crippen LogP contribution in [0.5, 0.6) is 0 Å². The van der Waals surface area contributed by atoms with Crippen LogP contribution in [-0.2, 0) is 13.1 Å². The first-order valence-corrected chi connectivity index (χ1v) is 5.80. The van der Waals surface area contributed by atoms with E-state index in [1.807, 2.05) is 30.9 Å². The van der Waals surface area contributed by atoms with Crippen LogP contribution in [0.2, 0.25) is 5.02 Å². The predicted octanol–water partition coefficient (Wildman–Crippen LogP) is 1.96. The highest BCUT2D eigenvalue weighted by atomic mass is 35.5. The van der Waals surface area contributed by atoms with Gasteiger partial charge in [-0.2, -0.15) is 5.10 Å². The van der Waals surface area contributed by atoms with Gasteiger partial charge in [0.05, 0.1) is 30.0 Å². The smallest absolute Gasteiger partial charge is 0.150 e. The Morgan fingerprint density at radius 2 is 2.35 bits per heavy atom. The molecular formula is C11H15ClN4O. The number of halogens is 1. The number of aromatic nitrogens is 3. The zero-order valence-corrected chi connectivity index (χ0v) is 10.7. The lowest BCUT2D eigenvalue weighted by atomic mass is 10.3. The van der Waals surface area contributed by atoms with Gasteiger partial charge in [-0.15, -0.1) is 0 Å². The number of nitrogens with zero attached hydrogens (tertiary/aromatic N) is 4. The van der Waals surface area contributed by atoms with E-state index in [9.17, 15) is 0 Å². The summed E-state index contributed by atoms with van der Waals surface area (Å²) in [5.74, 6) is 0.878. The molecule has 0 fully saturated rings. The second-order valence-corrected chi connectivity index (χ2v) is 4.53. The van der Waals surface area contributed by atoms with Gasteiger partial charge in [-0.05, 0) is 14.0 Å². The highest BCUT2D eigenvalue weighted by molar-refractivity contribution is 6.30. The van der Waals surface area contributed by atoms with E-state index in [-0.39, 0.29) is 0 Å². The van der Waals surface area contributed by atoms with Gasteiger partial charge in [-0.3, -0.25) is 9.58 Å². The van der Waals surface area contributed by atoms with E-state index in [2.05, 4.69) is 15.2 Å². The molecule has 2 aromatic rings. The molecule has 0 spiro atoms. The van der Waals surface area contributed by atoms with E-state index < -0.39 is 0 Å². The quantitative estimate of drug-likeness (QED) is 0.819. The summed E-state index contributed by atoms with van der Waals surface area (Å²) in [6.07, 6.45) is 3.45. The molecule has 0 atom stereocenters. The van der Waals surface area contributed by atoms with Gasteiger partial charge in [0.1, 0.15) is 0 Å². The maximum atomic E-state index is 5.79. The standard InChI is InChI=1S/C11H15ClN4O/c1-9-5-11(17-14-9)8-15(2)3-4-16-7-10(12)6-13-16/h5-7H,3-4,8H2,1-2H3. The van der Waals surface area contributed by atoms with Crippen molar-refractivity contribution in [1.82, 2.24) is 19.8 Å². The molecule has 2 rings (SSSR count). The second-order valence-electron chi connectivity index (χ2n) is 4.09. The minimum absolute atomic E-state index is 0.665. The maximum absolute atomic E-state index is 5.79. The van der Waals surface area contributed by atoms with Crippen molar-refractivity contribution in [2.75, 3.05) is 13.6 Å². The Bertz CT molecular complexity index is 479. The molecule has 0 radical (unpaired) electrons. The lowest BCUT2D eigenvalue weighted by Gasteiger charge is -2.14. The Labute approximate surface area is 105 Å². The first-order valence-electron chi connectivity index (χ1n) is 5.42. The third kappa shape index (κ3) is 3.57. The SMILES string of the molecule is Cc1cc(CN(C)CCn2cc(Cl)cn2)on1. The van der Waals surface area contributed by atoms with E-state index in [1.165, 1.54) is 0 Å². The third-order valence-corrected chi connectivity index (χ3v) is 2.61. The molecule has 2 aromatic heterocycles. The molecule has 5 nitrogen and oxygen atoms in total. The van der Waals surface area contributed by atoms with Crippen LogP contribution in [0, 0.1) is 6.92 Å². The summed E-state index contributed by atoms with van der Waals surface area (Å²) in [7, 11) is 2.03. The van der Waals surface area contributed by atoms with Crippen molar-refractivity contribution in [1.29, 1.82) is 0 Å². The summed E-state index contributed by atoms with van der Waals surface area (Å²) in [4.78, 5) is 2.15. The summed E-state index contributed by atoms with van der Waals surface area (Å²) in [6.45, 7) is 4.34. The maximum Gasteiger partial charge on any atom is 0.150 e. The number of rotatable bonds is 5. The van der Waals surface area contributed by atoms with Crippen LogP contribution in [0.3, 0.4) is 0 Å². The summed E-state index contributed by atoms with van der Waals surface area (Å²) < 4.78 is 6.98. The Morgan fingerprint density at radius 1 is 1.53 bits per heavy atom. The summed E-state index contributed by atoms with van der Waals surface area (Å²) >= 11 is 5.79. The highest BCUT2D eigenvalue weighted by Gasteiger charge is 2.05. The Kier molecular flexibility index (Phi) is 3.81. The molecule has 0 aliphatic rings. The van der Waals surface area contributed by atoms with Crippen molar-refractivity contribution in [2.24, 2.45) is 0 Å². The molecule has 2 heterocycles. The average Bonchev–Trinajstić information content (AvgIpc) is 2.85. The van der Waals surface area contributed by atoms with Crippen LogP contribution in [-0.4, -0.2) is 33.4 Å². The van der Waals surface area contributed by atoms with Gasteiger partial charge < -0.3 is 4.52 Å². The summed E-state index contributed by atoms with van der Waals surface area (Å²) in [5.41, 5.74) is 0.909.